The Bertz CT molecular complexity index is 2530. The molecule has 18 N–H and O–H groups in total. The Morgan fingerprint density at radius 3 is 1.52 bits per heavy atom. The fourth-order valence-electron chi connectivity index (χ4n) is 5.88. The molecule has 66 heavy (non-hydrogen) atoms. The van der Waals surface area contributed by atoms with Crippen molar-refractivity contribution in [3.05, 3.63) is 25.3 Å². The van der Waals surface area contributed by atoms with Gasteiger partial charge >= 0.3 is 43.5 Å². The van der Waals surface area contributed by atoms with E-state index in [4.69, 9.17) is 61.5 Å². The molecule has 0 bridgehead atoms. The normalized spacial score (nSPS) is 25.1. The van der Waals surface area contributed by atoms with Gasteiger partial charge in [-0.05, 0) is 0 Å². The lowest BCUT2D eigenvalue weighted by molar-refractivity contribution is -0.0522. The molecular formula is C26H42N14O22P4. The van der Waals surface area contributed by atoms with Crippen molar-refractivity contribution in [1.82, 2.24) is 49.7 Å². The highest BCUT2D eigenvalue weighted by Gasteiger charge is 2.51. The number of aliphatic hydroxyl groups excluding tert-OH is 2. The molecule has 2 saturated heterocycles. The molecule has 0 aromatic carbocycles. The van der Waals surface area contributed by atoms with Crippen molar-refractivity contribution in [2.45, 2.75) is 49.1 Å². The quantitative estimate of drug-likeness (QED) is 0.0421. The van der Waals surface area contributed by atoms with Crippen LogP contribution in [0.15, 0.2) is 25.3 Å². The summed E-state index contributed by atoms with van der Waals surface area (Å²) in [5, 5.41) is 26.1. The topological polar surface area (TPSA) is 553 Å². The van der Waals surface area contributed by atoms with Gasteiger partial charge in [-0.3, -0.25) is 18.2 Å². The number of anilines is 2. The maximum absolute atomic E-state index is 12.1. The molecule has 2 fully saturated rings. The second-order valence-electron chi connectivity index (χ2n) is 13.1. The number of hydrogen-bond donors (Lipinski definition) is 14. The van der Waals surface area contributed by atoms with Crippen LogP contribution in [-0.2, 0) is 54.9 Å². The number of hydrogen-bond acceptors (Lipinski definition) is 26. The van der Waals surface area contributed by atoms with Gasteiger partial charge in [0.2, 0.25) is 0 Å². The standard InChI is InChI=1S/2C13H21N7O11P2/c14-1-2-16-13(22)30-9-6(3-28-33(26,27)31-32(23,24)25)29-12(8(9)21)20-5-19-7-10(15)17-4-18-11(7)20;14-1-2-16-13(22)30-9-8(21)6(3-28-33(26,27)31-32(23,24)25)29-12(9)20-5-19-7-10(15)17-4-18-11(7)20/h2*4-6,8-9,12,21H,1-3,14H2,(H,16,22)(H,26,27)(H2,15,17,18)(H2,23,24,25)/t2*6-,8-,9-,12-/m11/s1. The molecule has 2 unspecified atom stereocenters. The predicted molar refractivity (Wildman–Crippen MR) is 212 cm³/mol. The zero-order chi connectivity index (χ0) is 48.8. The number of alkyl carbamates (subject to hydrolysis) is 2. The number of aromatic nitrogens is 8. The van der Waals surface area contributed by atoms with Gasteiger partial charge in [0.05, 0.1) is 25.9 Å². The van der Waals surface area contributed by atoms with E-state index in [-0.39, 0.29) is 60.1 Å². The van der Waals surface area contributed by atoms with Crippen molar-refractivity contribution < 1.29 is 104 Å². The number of imidazole rings is 2. The lowest BCUT2D eigenvalue weighted by Crippen LogP contribution is -2.42. The van der Waals surface area contributed by atoms with Crippen LogP contribution in [0.5, 0.6) is 0 Å². The summed E-state index contributed by atoms with van der Waals surface area (Å²) in [7, 11) is -21.2. The minimum Gasteiger partial charge on any atom is -0.440 e. The van der Waals surface area contributed by atoms with E-state index in [1.807, 2.05) is 0 Å². The lowest BCUT2D eigenvalue weighted by Gasteiger charge is -2.22. The minimum atomic E-state index is -5.37. The maximum Gasteiger partial charge on any atom is 0.481 e. The third kappa shape index (κ3) is 13.8. The summed E-state index contributed by atoms with van der Waals surface area (Å²) in [5.74, 6) is 0.0991. The number of phosphoric ester groups is 2. The number of nitrogens with zero attached hydrogens (tertiary/aromatic N) is 8. The molecule has 0 saturated carbocycles. The number of rotatable bonds is 18. The highest BCUT2D eigenvalue weighted by Crippen LogP contribution is 2.59. The van der Waals surface area contributed by atoms with Crippen molar-refractivity contribution >= 4 is 77.4 Å². The largest absolute Gasteiger partial charge is 0.481 e. The second-order valence-corrected chi connectivity index (χ2v) is 18.8. The summed E-state index contributed by atoms with van der Waals surface area (Å²) >= 11 is 0. The summed E-state index contributed by atoms with van der Waals surface area (Å²) < 4.78 is 85.8. The van der Waals surface area contributed by atoms with Gasteiger partial charge in [0.25, 0.3) is 0 Å². The van der Waals surface area contributed by atoms with E-state index in [9.17, 15) is 47.8 Å². The number of nitrogens with one attached hydrogen (secondary N) is 2. The molecule has 40 heteroatoms. The summed E-state index contributed by atoms with van der Waals surface area (Å²) in [4.78, 5) is 102. The van der Waals surface area contributed by atoms with Crippen molar-refractivity contribution in [2.75, 3.05) is 50.9 Å². The number of ether oxygens (including phenoxy) is 4. The molecule has 10 atom stereocenters. The zero-order valence-electron chi connectivity index (χ0n) is 33.1. The molecule has 4 aromatic rings. The smallest absolute Gasteiger partial charge is 0.440 e. The highest BCUT2D eigenvalue weighted by molar-refractivity contribution is 7.61. The van der Waals surface area contributed by atoms with E-state index in [1.54, 1.807) is 0 Å². The van der Waals surface area contributed by atoms with Crippen molar-refractivity contribution in [2.24, 2.45) is 11.5 Å². The van der Waals surface area contributed by atoms with Crippen LogP contribution in [0.4, 0.5) is 21.2 Å². The lowest BCUT2D eigenvalue weighted by atomic mass is 10.1. The molecule has 6 rings (SSSR count). The molecule has 2 amide bonds. The Hall–Kier alpha value is -4.48. The molecule has 6 heterocycles. The van der Waals surface area contributed by atoms with Crippen LogP contribution in [0, 0.1) is 0 Å². The van der Waals surface area contributed by atoms with E-state index in [2.05, 4.69) is 58.2 Å². The van der Waals surface area contributed by atoms with Crippen LogP contribution in [-0.4, -0.2) is 167 Å². The molecule has 0 radical (unpaired) electrons. The predicted octanol–water partition coefficient (Wildman–Crippen LogP) is -4.11. The van der Waals surface area contributed by atoms with E-state index in [1.165, 1.54) is 21.8 Å². The third-order valence-electron chi connectivity index (χ3n) is 8.48. The van der Waals surface area contributed by atoms with Crippen LogP contribution >= 0.6 is 31.3 Å². The number of amides is 2. The van der Waals surface area contributed by atoms with Gasteiger partial charge in [0.15, 0.2) is 47.6 Å². The number of carbonyl (C=O) groups excluding carboxylic acids is 2. The Labute approximate surface area is 367 Å². The Morgan fingerprint density at radius 1 is 0.636 bits per heavy atom. The van der Waals surface area contributed by atoms with Crippen LogP contribution in [0.2, 0.25) is 0 Å². The summed E-state index contributed by atoms with van der Waals surface area (Å²) in [6.45, 7) is -1.41. The first-order valence-corrected chi connectivity index (χ1v) is 24.2. The number of aliphatic hydroxyl groups is 2. The first kappa shape index (κ1) is 52.5. The average molecular weight is 1030 g/mol. The molecule has 0 spiro atoms. The molecule has 368 valence electrons. The summed E-state index contributed by atoms with van der Waals surface area (Å²) in [6, 6.07) is 0. The molecule has 4 aromatic heterocycles. The SMILES string of the molecule is NCCNC(=O)O[C@@H]1[C@H](O)[C@@H](COP(=O)(O)OP(=O)(O)O)O[C@H]1n1cnc2c(N)ncnc21.NCCNC(=O)O[C@H]1[C@@H](O)[C@H](n2cnc3c(N)ncnc32)O[C@@H]1COP(=O)(O)OP(=O)(O)O. The van der Waals surface area contributed by atoms with Gasteiger partial charge in [0.1, 0.15) is 48.1 Å². The Balaban J connectivity index is 0.000000247. The molecule has 2 aliphatic rings. The van der Waals surface area contributed by atoms with Crippen molar-refractivity contribution in [3.63, 3.8) is 0 Å². The number of nitrogen functional groups attached to an aromatic ring is 2. The van der Waals surface area contributed by atoms with Crippen molar-refractivity contribution in [1.29, 1.82) is 0 Å². The maximum atomic E-state index is 12.1. The minimum absolute atomic E-state index is 0.0474. The molecule has 0 aliphatic carbocycles. The van der Waals surface area contributed by atoms with Gasteiger partial charge < -0.3 is 92.1 Å². The van der Waals surface area contributed by atoms with Crippen LogP contribution in [0.3, 0.4) is 0 Å². The Kier molecular flexibility index (Phi) is 17.2. The number of fused-ring (bicyclic) bond motifs is 2. The van der Waals surface area contributed by atoms with Crippen molar-refractivity contribution in [3.8, 4) is 0 Å². The molecule has 2 aliphatic heterocycles. The summed E-state index contributed by atoms with van der Waals surface area (Å²) in [5.41, 5.74) is 22.8. The third-order valence-corrected chi connectivity index (χ3v) is 12.8. The molecule has 36 nitrogen and oxygen atoms in total. The van der Waals surface area contributed by atoms with Crippen LogP contribution in [0.25, 0.3) is 22.3 Å². The van der Waals surface area contributed by atoms with E-state index < -0.39 is 106 Å². The monoisotopic (exact) mass is 1030 g/mol. The second kappa shape index (κ2) is 21.6. The number of nitrogens with two attached hydrogens (primary N) is 4. The number of phosphoric acid groups is 4. The van der Waals surface area contributed by atoms with Gasteiger partial charge in [-0.25, -0.2) is 57.8 Å². The first-order chi connectivity index (χ1) is 30.8. The fourth-order valence-corrected chi connectivity index (χ4v) is 9.08. The summed E-state index contributed by atoms with van der Waals surface area (Å²) in [6.07, 6.45) is -8.64. The average Bonchev–Trinajstić information content (AvgIpc) is 3.98. The van der Waals surface area contributed by atoms with E-state index in [0.29, 0.717) is 0 Å². The molecular weight excluding hydrogens is 984 g/mol. The number of carbonyl (C=O) groups is 2. The van der Waals surface area contributed by atoms with Crippen LogP contribution in [0.1, 0.15) is 12.5 Å². The Morgan fingerprint density at radius 2 is 1.06 bits per heavy atom. The first-order valence-electron chi connectivity index (χ1n) is 18.1. The van der Waals surface area contributed by atoms with Gasteiger partial charge in [0, 0.05) is 26.2 Å². The van der Waals surface area contributed by atoms with Gasteiger partial charge in [-0.2, -0.15) is 8.62 Å². The van der Waals surface area contributed by atoms with Crippen LogP contribution < -0.4 is 33.6 Å². The van der Waals surface area contributed by atoms with Gasteiger partial charge in [-0.15, -0.1) is 0 Å². The fraction of sp³-hybridized carbons (Fsp3) is 0.538. The zero-order valence-corrected chi connectivity index (χ0v) is 36.7. The van der Waals surface area contributed by atoms with E-state index in [0.717, 1.165) is 12.7 Å². The van der Waals surface area contributed by atoms with E-state index >= 15 is 0 Å². The van der Waals surface area contributed by atoms with Gasteiger partial charge in [-0.1, -0.05) is 0 Å². The highest BCUT2D eigenvalue weighted by atomic mass is 31.3.